The van der Waals surface area contributed by atoms with Crippen molar-refractivity contribution in [1.29, 1.82) is 0 Å². The Labute approximate surface area is 130 Å². The molecule has 4 nitrogen and oxygen atoms in total. The molecule has 4 rings (SSSR count). The molecule has 0 bridgehead atoms. The molecule has 0 saturated heterocycles. The number of fused-ring (bicyclic) bond motifs is 3. The van der Waals surface area contributed by atoms with Gasteiger partial charge in [0.05, 0.1) is 6.54 Å². The molecule has 0 unspecified atom stereocenters. The van der Waals surface area contributed by atoms with Crippen molar-refractivity contribution in [3.8, 4) is 0 Å². The molecular weight excluding hydrogens is 272 g/mol. The van der Waals surface area contributed by atoms with E-state index in [9.17, 15) is 0 Å². The molecule has 0 amide bonds. The van der Waals surface area contributed by atoms with Gasteiger partial charge in [0.2, 0.25) is 0 Å². The lowest BCUT2D eigenvalue weighted by molar-refractivity contribution is 0.707. The first kappa shape index (κ1) is 13.3. The molecule has 112 valence electrons. The highest BCUT2D eigenvalue weighted by atomic mass is 15.2. The second-order valence-corrected chi connectivity index (χ2v) is 5.92. The predicted molar refractivity (Wildman–Crippen MR) is 89.2 cm³/mol. The highest BCUT2D eigenvalue weighted by Gasteiger charge is 2.21. The van der Waals surface area contributed by atoms with E-state index in [1.165, 1.54) is 22.2 Å². The summed E-state index contributed by atoms with van der Waals surface area (Å²) >= 11 is 0. The fourth-order valence-electron chi connectivity index (χ4n) is 3.34. The number of aromatic nitrogens is 3. The summed E-state index contributed by atoms with van der Waals surface area (Å²) in [7, 11) is 0. The molecule has 3 heterocycles. The number of nitrogens with zero attached hydrogens (tertiary/aromatic N) is 3. The number of H-pyrrole nitrogens is 1. The molecule has 0 radical (unpaired) electrons. The van der Waals surface area contributed by atoms with E-state index in [2.05, 4.69) is 57.1 Å². The molecule has 0 spiro atoms. The molecule has 1 aliphatic rings. The van der Waals surface area contributed by atoms with Crippen molar-refractivity contribution < 1.29 is 0 Å². The minimum Gasteiger partial charge on any atom is -0.357 e. The van der Waals surface area contributed by atoms with E-state index >= 15 is 0 Å². The number of nitrogens with one attached hydrogen (secondary N) is 1. The molecule has 0 saturated carbocycles. The Kier molecular flexibility index (Phi) is 3.10. The van der Waals surface area contributed by atoms with Crippen molar-refractivity contribution in [2.75, 3.05) is 11.4 Å². The third kappa shape index (κ3) is 2.15. The predicted octanol–water partition coefficient (Wildman–Crippen LogP) is 3.39. The maximum Gasteiger partial charge on any atom is 0.132 e. The third-order valence-electron chi connectivity index (χ3n) is 4.45. The van der Waals surface area contributed by atoms with Crippen LogP contribution in [0.3, 0.4) is 0 Å². The summed E-state index contributed by atoms with van der Waals surface area (Å²) in [5.41, 5.74) is 5.14. The Hall–Kier alpha value is -2.36. The summed E-state index contributed by atoms with van der Waals surface area (Å²) in [6, 6.07) is 10.7. The first-order valence-corrected chi connectivity index (χ1v) is 7.92. The summed E-state index contributed by atoms with van der Waals surface area (Å²) in [5.74, 6) is 1.91. The Morgan fingerprint density at radius 1 is 1.23 bits per heavy atom. The first-order chi connectivity index (χ1) is 10.7. The third-order valence-corrected chi connectivity index (χ3v) is 4.45. The second-order valence-electron chi connectivity index (χ2n) is 5.92. The van der Waals surface area contributed by atoms with Crippen LogP contribution in [0.4, 0.5) is 5.82 Å². The number of rotatable bonds is 2. The number of para-hydroxylation sites is 1. The van der Waals surface area contributed by atoms with Crippen LogP contribution in [0, 0.1) is 6.92 Å². The van der Waals surface area contributed by atoms with Crippen LogP contribution in [0.25, 0.3) is 10.9 Å². The zero-order chi connectivity index (χ0) is 15.1. The van der Waals surface area contributed by atoms with Gasteiger partial charge in [0.1, 0.15) is 11.6 Å². The minimum absolute atomic E-state index is 0.858. The summed E-state index contributed by atoms with van der Waals surface area (Å²) in [6.07, 6.45) is 2.01. The Bertz CT molecular complexity index is 834. The van der Waals surface area contributed by atoms with Crippen LogP contribution < -0.4 is 4.90 Å². The van der Waals surface area contributed by atoms with Crippen LogP contribution in [-0.4, -0.2) is 21.5 Å². The maximum absolute atomic E-state index is 4.63. The largest absolute Gasteiger partial charge is 0.357 e. The monoisotopic (exact) mass is 292 g/mol. The Morgan fingerprint density at radius 3 is 2.95 bits per heavy atom. The van der Waals surface area contributed by atoms with Crippen molar-refractivity contribution in [2.45, 2.75) is 33.2 Å². The molecule has 1 aromatic carbocycles. The van der Waals surface area contributed by atoms with Gasteiger partial charge in [-0.05, 0) is 31.4 Å². The van der Waals surface area contributed by atoms with Crippen molar-refractivity contribution in [3.05, 3.63) is 53.1 Å². The van der Waals surface area contributed by atoms with E-state index in [-0.39, 0.29) is 0 Å². The zero-order valence-corrected chi connectivity index (χ0v) is 13.1. The van der Waals surface area contributed by atoms with Gasteiger partial charge in [0.25, 0.3) is 0 Å². The van der Waals surface area contributed by atoms with Gasteiger partial charge in [-0.2, -0.15) is 0 Å². The van der Waals surface area contributed by atoms with E-state index in [0.717, 1.165) is 43.3 Å². The highest BCUT2D eigenvalue weighted by molar-refractivity contribution is 5.85. The molecule has 0 fully saturated rings. The van der Waals surface area contributed by atoms with E-state index in [1.54, 1.807) is 0 Å². The van der Waals surface area contributed by atoms with E-state index in [1.807, 2.05) is 6.92 Å². The second kappa shape index (κ2) is 5.13. The number of hydrogen-bond acceptors (Lipinski definition) is 3. The molecule has 3 aromatic rings. The SMILES string of the molecule is CCc1cc(N2CCc3c([nH]c4ccccc34)C2)nc(C)n1. The molecular formula is C18H20N4. The number of aryl methyl sites for hydroxylation is 2. The number of anilines is 1. The van der Waals surface area contributed by atoms with Crippen LogP contribution in [-0.2, 0) is 19.4 Å². The first-order valence-electron chi connectivity index (χ1n) is 7.92. The van der Waals surface area contributed by atoms with E-state index < -0.39 is 0 Å². The minimum atomic E-state index is 0.858. The van der Waals surface area contributed by atoms with Crippen LogP contribution in [0.1, 0.15) is 29.7 Å². The number of benzene rings is 1. The van der Waals surface area contributed by atoms with Crippen LogP contribution in [0.2, 0.25) is 0 Å². The van der Waals surface area contributed by atoms with Gasteiger partial charge in [-0.3, -0.25) is 0 Å². The normalized spacial score (nSPS) is 14.4. The van der Waals surface area contributed by atoms with Gasteiger partial charge in [0, 0.05) is 34.9 Å². The van der Waals surface area contributed by atoms with Crippen molar-refractivity contribution in [3.63, 3.8) is 0 Å². The lowest BCUT2D eigenvalue weighted by Crippen LogP contribution is -2.31. The lowest BCUT2D eigenvalue weighted by Gasteiger charge is -2.28. The summed E-state index contributed by atoms with van der Waals surface area (Å²) in [4.78, 5) is 15.0. The van der Waals surface area contributed by atoms with Gasteiger partial charge < -0.3 is 9.88 Å². The molecule has 2 aromatic heterocycles. The Morgan fingerprint density at radius 2 is 2.09 bits per heavy atom. The quantitative estimate of drug-likeness (QED) is 0.787. The van der Waals surface area contributed by atoms with Crippen molar-refractivity contribution in [1.82, 2.24) is 15.0 Å². The molecule has 0 aliphatic carbocycles. The highest BCUT2D eigenvalue weighted by Crippen LogP contribution is 2.29. The average molecular weight is 292 g/mol. The number of aromatic amines is 1. The van der Waals surface area contributed by atoms with Crippen molar-refractivity contribution in [2.24, 2.45) is 0 Å². The topological polar surface area (TPSA) is 44.8 Å². The summed E-state index contributed by atoms with van der Waals surface area (Å²) < 4.78 is 0. The lowest BCUT2D eigenvalue weighted by atomic mass is 10.0. The zero-order valence-electron chi connectivity index (χ0n) is 13.1. The van der Waals surface area contributed by atoms with Gasteiger partial charge in [-0.15, -0.1) is 0 Å². The van der Waals surface area contributed by atoms with Gasteiger partial charge in [-0.25, -0.2) is 9.97 Å². The van der Waals surface area contributed by atoms with Gasteiger partial charge in [0.15, 0.2) is 0 Å². The maximum atomic E-state index is 4.63. The molecule has 4 heteroatoms. The summed E-state index contributed by atoms with van der Waals surface area (Å²) in [6.45, 7) is 6.01. The summed E-state index contributed by atoms with van der Waals surface area (Å²) in [5, 5.41) is 1.37. The van der Waals surface area contributed by atoms with E-state index in [0.29, 0.717) is 0 Å². The number of hydrogen-bond donors (Lipinski definition) is 1. The van der Waals surface area contributed by atoms with Crippen LogP contribution >= 0.6 is 0 Å². The molecule has 1 aliphatic heterocycles. The molecule has 1 N–H and O–H groups in total. The van der Waals surface area contributed by atoms with E-state index in [4.69, 9.17) is 0 Å². The van der Waals surface area contributed by atoms with Crippen molar-refractivity contribution >= 4 is 16.7 Å². The average Bonchev–Trinajstić information content (AvgIpc) is 2.91. The fraction of sp³-hybridized carbons (Fsp3) is 0.333. The van der Waals surface area contributed by atoms with Crippen LogP contribution in [0.5, 0.6) is 0 Å². The van der Waals surface area contributed by atoms with Gasteiger partial charge in [-0.1, -0.05) is 25.1 Å². The fourth-order valence-corrected chi connectivity index (χ4v) is 3.34. The smallest absolute Gasteiger partial charge is 0.132 e. The Balaban J connectivity index is 1.71. The molecule has 0 atom stereocenters. The molecule has 22 heavy (non-hydrogen) atoms. The van der Waals surface area contributed by atoms with Gasteiger partial charge >= 0.3 is 0 Å². The van der Waals surface area contributed by atoms with Crippen LogP contribution in [0.15, 0.2) is 30.3 Å². The standard InChI is InChI=1S/C18H20N4/c1-3-13-10-18(20-12(2)19-13)22-9-8-15-14-6-4-5-7-16(14)21-17(15)11-22/h4-7,10,21H,3,8-9,11H2,1-2H3.